The van der Waals surface area contributed by atoms with Gasteiger partial charge in [-0.3, -0.25) is 9.36 Å². The lowest BCUT2D eigenvalue weighted by Gasteiger charge is -2.16. The second-order valence-electron chi connectivity index (χ2n) is 7.60. The van der Waals surface area contributed by atoms with Gasteiger partial charge in [-0.15, -0.1) is 0 Å². The van der Waals surface area contributed by atoms with Crippen LogP contribution in [0.1, 0.15) is 16.8 Å². The third kappa shape index (κ3) is 4.61. The summed E-state index contributed by atoms with van der Waals surface area (Å²) in [5, 5.41) is 9.76. The lowest BCUT2D eigenvalue weighted by Crippen LogP contribution is -2.28. The average Bonchev–Trinajstić information content (AvgIpc) is 3.21. The van der Waals surface area contributed by atoms with Crippen LogP contribution in [0.25, 0.3) is 28.0 Å². The summed E-state index contributed by atoms with van der Waals surface area (Å²) in [6.45, 7) is 0.435. The summed E-state index contributed by atoms with van der Waals surface area (Å²) in [5.41, 5.74) is 2.03. The Labute approximate surface area is 193 Å². The quantitative estimate of drug-likeness (QED) is 0.421. The van der Waals surface area contributed by atoms with Crippen LogP contribution in [0, 0.1) is 5.82 Å². The van der Waals surface area contributed by atoms with Crippen LogP contribution in [0.3, 0.4) is 0 Å². The molecule has 9 heteroatoms. The minimum absolute atomic E-state index is 0.00535. The first-order valence-corrected chi connectivity index (χ1v) is 11.9. The molecule has 2 heterocycles. The molecule has 2 aromatic heterocycles. The standard InChI is InChI=1S/C24H23FN4O3S/c1-28(10-5-11-30)23(31)16-8-9-19-21(12-16)29(15-22(19)33(2)32)24-26-13-17(14-27-24)18-6-3-4-7-20(18)25/h3-4,6-9,12-15,30H,5,10-11H2,1-2H3. The van der Waals surface area contributed by atoms with Crippen LogP contribution >= 0.6 is 0 Å². The molecular formula is C24H23FN4O3S. The third-order valence-electron chi connectivity index (χ3n) is 5.36. The smallest absolute Gasteiger partial charge is 0.253 e. The van der Waals surface area contributed by atoms with E-state index >= 15 is 0 Å². The van der Waals surface area contributed by atoms with Crippen LogP contribution in [-0.2, 0) is 11.2 Å². The minimum Gasteiger partial charge on any atom is -0.612 e. The summed E-state index contributed by atoms with van der Waals surface area (Å²) >= 11 is -1.27. The SMILES string of the molecule is CN(CCCO)C(=O)c1ccc2c([S+](C)[O-])cn(-c3ncc(-c4ccccc4F)cn3)c2c1. The van der Waals surface area contributed by atoms with Gasteiger partial charge in [-0.25, -0.2) is 14.4 Å². The maximum atomic E-state index is 14.1. The number of rotatable bonds is 7. The number of fused-ring (bicyclic) bond motifs is 1. The number of amides is 1. The lowest BCUT2D eigenvalue weighted by molar-refractivity contribution is 0.0786. The summed E-state index contributed by atoms with van der Waals surface area (Å²) in [6.07, 6.45) is 6.84. The van der Waals surface area contributed by atoms with Crippen LogP contribution in [0.15, 0.2) is 66.0 Å². The number of carbonyl (C=O) groups is 1. The van der Waals surface area contributed by atoms with E-state index in [1.165, 1.54) is 18.5 Å². The molecule has 33 heavy (non-hydrogen) atoms. The van der Waals surface area contributed by atoms with Crippen molar-refractivity contribution in [1.82, 2.24) is 19.4 Å². The van der Waals surface area contributed by atoms with Gasteiger partial charge in [0.05, 0.1) is 17.1 Å². The van der Waals surface area contributed by atoms with Crippen LogP contribution in [0.2, 0.25) is 0 Å². The third-order valence-corrected chi connectivity index (χ3v) is 6.31. The summed E-state index contributed by atoms with van der Waals surface area (Å²) in [5.74, 6) is -0.236. The Bertz CT molecular complexity index is 1290. The Morgan fingerprint density at radius 2 is 1.94 bits per heavy atom. The van der Waals surface area contributed by atoms with Crippen molar-refractivity contribution in [3.05, 3.63) is 72.4 Å². The number of hydrogen-bond acceptors (Lipinski definition) is 5. The molecule has 0 aliphatic rings. The number of aliphatic hydroxyl groups is 1. The van der Waals surface area contributed by atoms with Gasteiger partial charge in [0.15, 0.2) is 4.90 Å². The van der Waals surface area contributed by atoms with Crippen LogP contribution in [0.5, 0.6) is 0 Å². The molecular weight excluding hydrogens is 443 g/mol. The van der Waals surface area contributed by atoms with Crippen molar-refractivity contribution in [2.45, 2.75) is 11.3 Å². The molecule has 0 spiro atoms. The molecule has 0 saturated carbocycles. The fourth-order valence-electron chi connectivity index (χ4n) is 3.63. The van der Waals surface area contributed by atoms with Gasteiger partial charge in [-0.2, -0.15) is 0 Å². The molecule has 0 saturated heterocycles. The Morgan fingerprint density at radius 1 is 1.21 bits per heavy atom. The van der Waals surface area contributed by atoms with Gasteiger partial charge in [-0.1, -0.05) is 18.2 Å². The Kier molecular flexibility index (Phi) is 6.73. The number of halogens is 1. The maximum Gasteiger partial charge on any atom is 0.253 e. The maximum absolute atomic E-state index is 14.1. The normalized spacial score (nSPS) is 12.2. The highest BCUT2D eigenvalue weighted by Crippen LogP contribution is 2.29. The number of hydrogen-bond donors (Lipinski definition) is 1. The van der Waals surface area contributed by atoms with Crippen molar-refractivity contribution >= 4 is 28.0 Å². The van der Waals surface area contributed by atoms with Gasteiger partial charge >= 0.3 is 0 Å². The zero-order chi connectivity index (χ0) is 23.5. The van der Waals surface area contributed by atoms with Crippen molar-refractivity contribution in [3.63, 3.8) is 0 Å². The van der Waals surface area contributed by atoms with E-state index < -0.39 is 11.2 Å². The second kappa shape index (κ2) is 9.70. The molecule has 4 rings (SSSR count). The Balaban J connectivity index is 1.76. The van der Waals surface area contributed by atoms with Gasteiger partial charge in [0.25, 0.3) is 5.91 Å². The molecule has 0 fully saturated rings. The lowest BCUT2D eigenvalue weighted by atomic mass is 10.1. The molecule has 1 unspecified atom stereocenters. The van der Waals surface area contributed by atoms with E-state index in [2.05, 4.69) is 9.97 Å². The predicted octanol–water partition coefficient (Wildman–Crippen LogP) is 3.42. The molecule has 2 aromatic carbocycles. The highest BCUT2D eigenvalue weighted by atomic mass is 32.2. The Hall–Kier alpha value is -3.27. The van der Waals surface area contributed by atoms with Gasteiger partial charge in [0, 0.05) is 49.3 Å². The minimum atomic E-state index is -1.27. The van der Waals surface area contributed by atoms with Crippen LogP contribution < -0.4 is 0 Å². The van der Waals surface area contributed by atoms with Crippen molar-refractivity contribution < 1.29 is 18.8 Å². The van der Waals surface area contributed by atoms with Gasteiger partial charge in [-0.05, 0) is 41.9 Å². The molecule has 170 valence electrons. The molecule has 1 amide bonds. The zero-order valence-corrected chi connectivity index (χ0v) is 19.1. The van der Waals surface area contributed by atoms with E-state index in [4.69, 9.17) is 5.11 Å². The summed E-state index contributed by atoms with van der Waals surface area (Å²) in [4.78, 5) is 23.8. The first kappa shape index (κ1) is 22.9. The van der Waals surface area contributed by atoms with Gasteiger partial charge in [0.1, 0.15) is 12.1 Å². The Morgan fingerprint density at radius 3 is 2.61 bits per heavy atom. The highest BCUT2D eigenvalue weighted by Gasteiger charge is 2.21. The highest BCUT2D eigenvalue weighted by molar-refractivity contribution is 7.91. The second-order valence-corrected chi connectivity index (χ2v) is 8.95. The topological polar surface area (TPSA) is 94.3 Å². The van der Waals surface area contributed by atoms with E-state index in [0.29, 0.717) is 46.0 Å². The molecule has 1 atom stereocenters. The molecule has 0 radical (unpaired) electrons. The number of carbonyl (C=O) groups excluding carboxylic acids is 1. The van der Waals surface area contributed by atoms with Crippen LogP contribution in [0.4, 0.5) is 4.39 Å². The largest absolute Gasteiger partial charge is 0.612 e. The number of aliphatic hydroxyl groups excluding tert-OH is 1. The predicted molar refractivity (Wildman–Crippen MR) is 125 cm³/mol. The van der Waals surface area contributed by atoms with Crippen molar-refractivity contribution in [1.29, 1.82) is 0 Å². The first-order chi connectivity index (χ1) is 15.9. The summed E-state index contributed by atoms with van der Waals surface area (Å²) in [7, 11) is 1.68. The van der Waals surface area contributed by atoms with E-state index in [1.807, 2.05) is 0 Å². The van der Waals surface area contributed by atoms with Gasteiger partial charge in [0.2, 0.25) is 5.95 Å². The molecule has 0 aliphatic carbocycles. The van der Waals surface area contributed by atoms with E-state index in [0.717, 1.165) is 5.39 Å². The first-order valence-electron chi connectivity index (χ1n) is 10.3. The monoisotopic (exact) mass is 466 g/mol. The van der Waals surface area contributed by atoms with E-state index in [1.54, 1.807) is 65.4 Å². The zero-order valence-electron chi connectivity index (χ0n) is 18.2. The molecule has 0 aliphatic heterocycles. The number of benzene rings is 2. The number of aromatic nitrogens is 3. The van der Waals surface area contributed by atoms with Crippen LogP contribution in [-0.4, -0.2) is 61.5 Å². The van der Waals surface area contributed by atoms with Gasteiger partial charge < -0.3 is 14.6 Å². The molecule has 4 aromatic rings. The number of nitrogens with zero attached hydrogens (tertiary/aromatic N) is 4. The summed E-state index contributed by atoms with van der Waals surface area (Å²) < 4.78 is 28.1. The average molecular weight is 467 g/mol. The van der Waals surface area contributed by atoms with Crippen molar-refractivity contribution in [3.8, 4) is 17.1 Å². The van der Waals surface area contributed by atoms with Crippen molar-refractivity contribution in [2.75, 3.05) is 26.5 Å². The molecule has 1 N–H and O–H groups in total. The van der Waals surface area contributed by atoms with E-state index in [-0.39, 0.29) is 18.3 Å². The molecule has 0 bridgehead atoms. The molecule has 7 nitrogen and oxygen atoms in total. The van der Waals surface area contributed by atoms with E-state index in [9.17, 15) is 13.7 Å². The van der Waals surface area contributed by atoms with Crippen molar-refractivity contribution in [2.24, 2.45) is 0 Å². The summed E-state index contributed by atoms with van der Waals surface area (Å²) in [6, 6.07) is 11.6. The fraction of sp³-hybridized carbons (Fsp3) is 0.208. The fourth-order valence-corrected chi connectivity index (χ4v) is 4.37.